The molecule has 0 spiro atoms. The Morgan fingerprint density at radius 3 is 1.44 bits per heavy atom. The summed E-state index contributed by atoms with van der Waals surface area (Å²) >= 11 is 0. The van der Waals surface area contributed by atoms with Gasteiger partial charge in [-0.2, -0.15) is 0 Å². The van der Waals surface area contributed by atoms with E-state index >= 15 is 0 Å². The second-order valence-electron chi connectivity index (χ2n) is 0.612. The minimum atomic E-state index is -5.07. The fourth-order valence-electron chi connectivity index (χ4n) is 0. The summed E-state index contributed by atoms with van der Waals surface area (Å²) in [5.74, 6) is 0. The van der Waals surface area contributed by atoms with E-state index in [1.807, 2.05) is 0 Å². The Labute approximate surface area is 119 Å². The van der Waals surface area contributed by atoms with Crippen LogP contribution >= 0.6 is 0 Å². The fourth-order valence-corrected chi connectivity index (χ4v) is 0. The minimum Gasteiger partial charge on any atom is -0.761 e. The zero-order valence-electron chi connectivity index (χ0n) is 4.86. The fraction of sp³-hybridized carbons (Fsp3) is 0. The topological polar surface area (TPSA) is 97.3 Å². The van der Waals surface area contributed by atoms with E-state index in [4.69, 9.17) is 21.7 Å². The third kappa shape index (κ3) is 10.7. The van der Waals surface area contributed by atoms with Crippen LogP contribution in [0.3, 0.4) is 0 Å². The van der Waals surface area contributed by atoms with Gasteiger partial charge < -0.3 is 9.11 Å². The quantitative estimate of drug-likeness (QED) is 0.184. The van der Waals surface area contributed by atoms with E-state index in [1.54, 1.807) is 0 Å². The Bertz CT molecular complexity index is 169. The molecule has 0 aromatic rings. The van der Waals surface area contributed by atoms with Crippen molar-refractivity contribution in [2.75, 3.05) is 0 Å². The van der Waals surface area contributed by atoms with Crippen molar-refractivity contribution in [1.82, 2.24) is 0 Å². The van der Waals surface area contributed by atoms with Crippen molar-refractivity contribution in [3.05, 3.63) is 0 Å². The van der Waals surface area contributed by atoms with Crippen LogP contribution in [0, 0.1) is 0 Å². The predicted molar refractivity (Wildman–Crippen MR) is 18.6 cm³/mol. The summed E-state index contributed by atoms with van der Waals surface area (Å²) in [6.07, 6.45) is 0. The molecule has 0 saturated heterocycles. The minimum absolute atomic E-state index is 0. The van der Waals surface area contributed by atoms with Crippen molar-refractivity contribution in [3.8, 4) is 0 Å². The average molecular weight is 206 g/mol. The molecule has 0 radical (unpaired) electrons. The van der Waals surface area contributed by atoms with Gasteiger partial charge in [-0.3, -0.25) is 4.21 Å². The van der Waals surface area contributed by atoms with Crippen LogP contribution in [0.5, 0.6) is 0 Å². The number of hydrogen-bond acceptors (Lipinski definition) is 5. The van der Waals surface area contributed by atoms with Gasteiger partial charge in [0.1, 0.15) is 0 Å². The van der Waals surface area contributed by atoms with Crippen LogP contribution in [0.15, 0.2) is 0 Å². The van der Waals surface area contributed by atoms with Crippen molar-refractivity contribution in [3.63, 3.8) is 0 Å². The molecule has 0 fully saturated rings. The molecular formula is KNaO5S2. The monoisotopic (exact) mass is 206 g/mol. The summed E-state index contributed by atoms with van der Waals surface area (Å²) in [7, 11) is -8.59. The maximum atomic E-state index is 9.16. The summed E-state index contributed by atoms with van der Waals surface area (Å²) in [6.45, 7) is 0. The van der Waals surface area contributed by atoms with E-state index in [1.165, 1.54) is 0 Å². The molecule has 5 nitrogen and oxygen atoms in total. The van der Waals surface area contributed by atoms with Gasteiger partial charge in [-0.15, -0.1) is 0 Å². The Hall–Kier alpha value is 2.66. The normalized spacial score (nSPS) is 12.7. The van der Waals surface area contributed by atoms with Gasteiger partial charge in [-0.05, 0) is 0 Å². The summed E-state index contributed by atoms with van der Waals surface area (Å²) < 4.78 is 45.7. The molecule has 0 N–H and O–H groups in total. The Balaban J connectivity index is -0.000000180. The van der Waals surface area contributed by atoms with Crippen LogP contribution in [0.25, 0.3) is 0 Å². The Kier molecular flexibility index (Phi) is 14.4. The van der Waals surface area contributed by atoms with Crippen LogP contribution in [0.2, 0.25) is 0 Å². The molecule has 44 valence electrons. The van der Waals surface area contributed by atoms with E-state index in [9.17, 15) is 0 Å². The third-order valence-corrected chi connectivity index (χ3v) is 1.50. The first-order valence-corrected chi connectivity index (χ1v) is 4.00. The van der Waals surface area contributed by atoms with Gasteiger partial charge in [-0.25, -0.2) is 8.42 Å². The molecule has 0 aliphatic carbocycles. The molecule has 1 atom stereocenters. The molecule has 1 unspecified atom stereocenters. The zero-order chi connectivity index (χ0) is 6.08. The molecule has 0 saturated carbocycles. The Morgan fingerprint density at radius 1 is 1.33 bits per heavy atom. The molecule has 9 heteroatoms. The summed E-state index contributed by atoms with van der Waals surface area (Å²) in [5, 5.41) is 0. The molecule has 0 amide bonds. The van der Waals surface area contributed by atoms with Crippen LogP contribution in [0.4, 0.5) is 0 Å². The van der Waals surface area contributed by atoms with Gasteiger partial charge in [0, 0.05) is 0 Å². The van der Waals surface area contributed by atoms with Crippen molar-refractivity contribution in [2.24, 2.45) is 0 Å². The smallest absolute Gasteiger partial charge is 0.761 e. The van der Waals surface area contributed by atoms with Gasteiger partial charge in [0.15, 0.2) is 9.15 Å². The van der Waals surface area contributed by atoms with E-state index in [-0.39, 0.29) is 80.9 Å². The number of hydrogen-bond donors (Lipinski definition) is 0. The summed E-state index contributed by atoms with van der Waals surface area (Å²) in [6, 6.07) is 0. The molecule has 0 aromatic heterocycles. The van der Waals surface area contributed by atoms with Crippen molar-refractivity contribution in [1.29, 1.82) is 0 Å². The van der Waals surface area contributed by atoms with Crippen molar-refractivity contribution < 1.29 is 103 Å². The summed E-state index contributed by atoms with van der Waals surface area (Å²) in [4.78, 5) is 0. The van der Waals surface area contributed by atoms with Gasteiger partial charge in [0.2, 0.25) is 0 Å². The van der Waals surface area contributed by atoms with E-state index in [0.29, 0.717) is 0 Å². The first kappa shape index (κ1) is 17.7. The molecule has 0 rings (SSSR count). The van der Waals surface area contributed by atoms with Gasteiger partial charge >= 0.3 is 80.9 Å². The van der Waals surface area contributed by atoms with Gasteiger partial charge in [0.25, 0.3) is 0 Å². The van der Waals surface area contributed by atoms with Crippen molar-refractivity contribution in [2.45, 2.75) is 0 Å². The van der Waals surface area contributed by atoms with Crippen LogP contribution in [-0.2, 0) is 19.3 Å². The molecule has 0 aromatic carbocycles. The van der Waals surface area contributed by atoms with E-state index in [2.05, 4.69) is 0 Å². The largest absolute Gasteiger partial charge is 1.00 e. The first-order chi connectivity index (χ1) is 2.94. The predicted octanol–water partition coefficient (Wildman–Crippen LogP) is -7.67. The molecule has 0 aliphatic heterocycles. The van der Waals surface area contributed by atoms with Crippen LogP contribution < -0.4 is 80.9 Å². The van der Waals surface area contributed by atoms with Crippen LogP contribution in [0.1, 0.15) is 0 Å². The second-order valence-corrected chi connectivity index (χ2v) is 3.88. The zero-order valence-corrected chi connectivity index (χ0v) is 11.6. The second kappa shape index (κ2) is 7.31. The summed E-state index contributed by atoms with van der Waals surface area (Å²) in [5.41, 5.74) is 0. The third-order valence-electron chi connectivity index (χ3n) is 0.167. The standard InChI is InChI=1S/K.Na.H2O5S2/c;;1-6(2)7(3,4)5/h;;(H,1,2)(H,3,4,5)/q2*+1;/p-2. The molecule has 0 aliphatic rings. The van der Waals surface area contributed by atoms with E-state index < -0.39 is 19.3 Å². The number of rotatable bonds is 1. The average Bonchev–Trinajstić information content (AvgIpc) is 1.31. The van der Waals surface area contributed by atoms with E-state index in [0.717, 1.165) is 0 Å². The molecule has 9 heavy (non-hydrogen) atoms. The molecular weight excluding hydrogens is 206 g/mol. The maximum absolute atomic E-state index is 9.16. The SMILES string of the molecule is O=S([O-])S(=O)(=O)[O-].[K+].[Na+]. The van der Waals surface area contributed by atoms with Crippen molar-refractivity contribution >= 4 is 19.3 Å². The van der Waals surface area contributed by atoms with Gasteiger partial charge in [0.05, 0.1) is 10.1 Å². The van der Waals surface area contributed by atoms with Crippen LogP contribution in [-0.4, -0.2) is 21.7 Å². The van der Waals surface area contributed by atoms with Gasteiger partial charge in [-0.1, -0.05) is 0 Å². The first-order valence-electron chi connectivity index (χ1n) is 1.00. The molecule has 0 bridgehead atoms. The Morgan fingerprint density at radius 2 is 1.44 bits per heavy atom. The maximum Gasteiger partial charge on any atom is 1.00 e. The molecule has 0 heterocycles.